The van der Waals surface area contributed by atoms with E-state index in [0.717, 1.165) is 11.1 Å². The van der Waals surface area contributed by atoms with Gasteiger partial charge in [-0.2, -0.15) is 5.26 Å². The summed E-state index contributed by atoms with van der Waals surface area (Å²) in [5, 5.41) is 19.3. The molecule has 0 amide bonds. The third kappa shape index (κ3) is 3.40. The molecule has 0 radical (unpaired) electrons. The maximum atomic E-state index is 13.1. The minimum absolute atomic E-state index is 0.0354. The predicted molar refractivity (Wildman–Crippen MR) is 87.9 cm³/mol. The van der Waals surface area contributed by atoms with E-state index in [-0.39, 0.29) is 11.9 Å². The lowest BCUT2D eigenvalue weighted by molar-refractivity contribution is 0.172. The van der Waals surface area contributed by atoms with Gasteiger partial charge in [0.2, 0.25) is 0 Å². The second-order valence-electron chi connectivity index (χ2n) is 6.03. The number of hydrogen-bond donors (Lipinski definition) is 1. The molecule has 0 aromatic heterocycles. The average Bonchev–Trinajstić information content (AvgIpc) is 2.95. The third-order valence-corrected chi connectivity index (χ3v) is 4.41. The number of benzene rings is 2. The lowest BCUT2D eigenvalue weighted by atomic mass is 10.0. The fourth-order valence-corrected chi connectivity index (χ4v) is 3.26. The van der Waals surface area contributed by atoms with Gasteiger partial charge in [-0.15, -0.1) is 0 Å². The number of β-amino-alcohol motifs (C(OH)–C–C–N with tert-alkyl or cyclic N) is 1. The van der Waals surface area contributed by atoms with E-state index in [4.69, 9.17) is 4.74 Å². The van der Waals surface area contributed by atoms with Crippen LogP contribution in [-0.2, 0) is 6.54 Å². The second kappa shape index (κ2) is 7.00. The first kappa shape index (κ1) is 16.4. The lowest BCUT2D eigenvalue weighted by Crippen LogP contribution is -2.24. The summed E-state index contributed by atoms with van der Waals surface area (Å²) in [5.74, 6) is 0.287. The Morgan fingerprint density at radius 1 is 1.29 bits per heavy atom. The van der Waals surface area contributed by atoms with E-state index in [0.29, 0.717) is 30.8 Å². The van der Waals surface area contributed by atoms with Crippen LogP contribution in [0.5, 0.6) is 5.75 Å². The first-order valence-electron chi connectivity index (χ1n) is 7.85. The summed E-state index contributed by atoms with van der Waals surface area (Å²) in [6.07, 6.45) is 0.209. The molecule has 1 heterocycles. The Bertz CT molecular complexity index is 755. The molecule has 2 aromatic carbocycles. The van der Waals surface area contributed by atoms with Gasteiger partial charge in [0.25, 0.3) is 0 Å². The SMILES string of the molecule is COc1ccc(CN2CC(O)CC2c2ccc(F)cc2)cc1C#N. The molecular weight excluding hydrogens is 307 g/mol. The van der Waals surface area contributed by atoms with Crippen LogP contribution in [0.3, 0.4) is 0 Å². The zero-order valence-corrected chi connectivity index (χ0v) is 13.4. The smallest absolute Gasteiger partial charge is 0.136 e. The Morgan fingerprint density at radius 3 is 2.71 bits per heavy atom. The quantitative estimate of drug-likeness (QED) is 0.938. The van der Waals surface area contributed by atoms with Crippen LogP contribution in [0.2, 0.25) is 0 Å². The molecule has 4 nitrogen and oxygen atoms in total. The van der Waals surface area contributed by atoms with Crippen molar-refractivity contribution in [2.75, 3.05) is 13.7 Å². The number of aliphatic hydroxyl groups excluding tert-OH is 1. The summed E-state index contributed by atoms with van der Waals surface area (Å²) < 4.78 is 18.3. The van der Waals surface area contributed by atoms with E-state index in [1.54, 1.807) is 18.2 Å². The van der Waals surface area contributed by atoms with Crippen LogP contribution in [0.15, 0.2) is 42.5 Å². The molecule has 0 spiro atoms. The zero-order chi connectivity index (χ0) is 17.1. The second-order valence-corrected chi connectivity index (χ2v) is 6.03. The van der Waals surface area contributed by atoms with E-state index in [1.165, 1.54) is 19.2 Å². The van der Waals surface area contributed by atoms with Crippen molar-refractivity contribution in [2.45, 2.75) is 25.1 Å². The highest BCUT2D eigenvalue weighted by molar-refractivity contribution is 5.45. The molecule has 1 saturated heterocycles. The van der Waals surface area contributed by atoms with Gasteiger partial charge >= 0.3 is 0 Å². The van der Waals surface area contributed by atoms with E-state index in [1.807, 2.05) is 12.1 Å². The molecule has 1 N–H and O–H groups in total. The number of halogens is 1. The van der Waals surface area contributed by atoms with Crippen LogP contribution >= 0.6 is 0 Å². The van der Waals surface area contributed by atoms with Crippen molar-refractivity contribution in [3.05, 3.63) is 65.0 Å². The molecule has 2 atom stereocenters. The summed E-state index contributed by atoms with van der Waals surface area (Å²) >= 11 is 0. The van der Waals surface area contributed by atoms with E-state index < -0.39 is 6.10 Å². The largest absolute Gasteiger partial charge is 0.495 e. The van der Waals surface area contributed by atoms with Gasteiger partial charge in [-0.25, -0.2) is 4.39 Å². The predicted octanol–water partition coefficient (Wildman–Crippen LogP) is 3.01. The van der Waals surface area contributed by atoms with Crippen molar-refractivity contribution in [3.8, 4) is 11.8 Å². The Labute approximate surface area is 140 Å². The van der Waals surface area contributed by atoms with Gasteiger partial charge in [-0.3, -0.25) is 4.90 Å². The van der Waals surface area contributed by atoms with Gasteiger partial charge < -0.3 is 9.84 Å². The van der Waals surface area contributed by atoms with Crippen molar-refractivity contribution in [1.29, 1.82) is 5.26 Å². The van der Waals surface area contributed by atoms with Crippen molar-refractivity contribution in [1.82, 2.24) is 4.90 Å². The van der Waals surface area contributed by atoms with Gasteiger partial charge in [0.05, 0.1) is 18.8 Å². The Balaban J connectivity index is 1.82. The maximum absolute atomic E-state index is 13.1. The van der Waals surface area contributed by atoms with E-state index >= 15 is 0 Å². The number of hydrogen-bond acceptors (Lipinski definition) is 4. The minimum Gasteiger partial charge on any atom is -0.495 e. The molecule has 2 unspecified atom stereocenters. The summed E-state index contributed by atoms with van der Waals surface area (Å²) in [6.45, 7) is 1.16. The first-order chi connectivity index (χ1) is 11.6. The Kier molecular flexibility index (Phi) is 4.79. The van der Waals surface area contributed by atoms with Crippen LogP contribution in [0.4, 0.5) is 4.39 Å². The van der Waals surface area contributed by atoms with Crippen molar-refractivity contribution < 1.29 is 14.2 Å². The van der Waals surface area contributed by atoms with Crippen LogP contribution in [-0.4, -0.2) is 29.8 Å². The number of nitrogens with zero attached hydrogens (tertiary/aromatic N) is 2. The summed E-state index contributed by atoms with van der Waals surface area (Å²) in [6, 6.07) is 14.1. The highest BCUT2D eigenvalue weighted by Crippen LogP contribution is 2.34. The summed E-state index contributed by atoms with van der Waals surface area (Å²) in [7, 11) is 1.54. The highest BCUT2D eigenvalue weighted by Gasteiger charge is 2.32. The normalized spacial score (nSPS) is 20.8. The number of likely N-dealkylation sites (tertiary alicyclic amines) is 1. The molecule has 3 rings (SSSR count). The standard InChI is InChI=1S/C19H19FN2O2/c1-24-19-7-2-13(8-15(19)10-21)11-22-12-17(23)9-18(22)14-3-5-16(20)6-4-14/h2-8,17-18,23H,9,11-12H2,1H3. The van der Waals surface area contributed by atoms with Crippen LogP contribution in [0.25, 0.3) is 0 Å². The topological polar surface area (TPSA) is 56.5 Å². The fourth-order valence-electron chi connectivity index (χ4n) is 3.26. The number of aliphatic hydroxyl groups is 1. The van der Waals surface area contributed by atoms with E-state index in [9.17, 15) is 14.8 Å². The van der Waals surface area contributed by atoms with Crippen molar-refractivity contribution >= 4 is 0 Å². The van der Waals surface area contributed by atoms with Gasteiger partial charge in [0.15, 0.2) is 0 Å². The molecule has 2 aromatic rings. The van der Waals surface area contributed by atoms with E-state index in [2.05, 4.69) is 11.0 Å². The number of ether oxygens (including phenoxy) is 1. The average molecular weight is 326 g/mol. The summed E-state index contributed by atoms with van der Waals surface area (Å²) in [4.78, 5) is 2.15. The molecular formula is C19H19FN2O2. The number of methoxy groups -OCH3 is 1. The Morgan fingerprint density at radius 2 is 2.04 bits per heavy atom. The van der Waals surface area contributed by atoms with Gasteiger partial charge in [-0.05, 0) is 41.8 Å². The van der Waals surface area contributed by atoms with Crippen LogP contribution in [0, 0.1) is 17.1 Å². The minimum atomic E-state index is -0.409. The first-order valence-corrected chi connectivity index (χ1v) is 7.85. The maximum Gasteiger partial charge on any atom is 0.136 e. The van der Waals surface area contributed by atoms with Crippen LogP contribution < -0.4 is 4.74 Å². The molecule has 1 aliphatic rings. The van der Waals surface area contributed by atoms with Crippen LogP contribution in [0.1, 0.15) is 29.2 Å². The molecule has 5 heteroatoms. The number of rotatable bonds is 4. The lowest BCUT2D eigenvalue weighted by Gasteiger charge is -2.24. The van der Waals surface area contributed by atoms with Gasteiger partial charge in [-0.1, -0.05) is 18.2 Å². The molecule has 1 aliphatic heterocycles. The highest BCUT2D eigenvalue weighted by atomic mass is 19.1. The number of nitriles is 1. The molecule has 0 saturated carbocycles. The van der Waals surface area contributed by atoms with Gasteiger partial charge in [0.1, 0.15) is 17.6 Å². The fraction of sp³-hybridized carbons (Fsp3) is 0.316. The third-order valence-electron chi connectivity index (χ3n) is 4.41. The molecule has 124 valence electrons. The molecule has 0 aliphatic carbocycles. The molecule has 24 heavy (non-hydrogen) atoms. The summed E-state index contributed by atoms with van der Waals surface area (Å²) in [5.41, 5.74) is 2.46. The van der Waals surface area contributed by atoms with Gasteiger partial charge in [0, 0.05) is 19.1 Å². The van der Waals surface area contributed by atoms with Crippen molar-refractivity contribution in [2.24, 2.45) is 0 Å². The molecule has 0 bridgehead atoms. The zero-order valence-electron chi connectivity index (χ0n) is 13.4. The van der Waals surface area contributed by atoms with Crippen molar-refractivity contribution in [3.63, 3.8) is 0 Å². The monoisotopic (exact) mass is 326 g/mol. The molecule has 1 fully saturated rings. The Hall–Kier alpha value is -2.42.